The van der Waals surface area contributed by atoms with E-state index in [4.69, 9.17) is 0 Å². The standard InChI is InChI=1S/C14H21NS.C2H6/c1-4-13(8-9-15-5-2)6-7-14-10-12(3)16-11-14;1-2/h8-11H,4-7H2,1-3H3;1-2H3/b13-8+,15-9?;. The first kappa shape index (κ1) is 17.1. The van der Waals surface area contributed by atoms with E-state index < -0.39 is 0 Å². The molecule has 0 aliphatic heterocycles. The lowest BCUT2D eigenvalue weighted by Crippen LogP contribution is -1.87. The van der Waals surface area contributed by atoms with Crippen LogP contribution in [0.2, 0.25) is 0 Å². The Kier molecular flexibility index (Phi) is 10.7. The molecule has 0 atom stereocenters. The minimum atomic E-state index is 0.872. The molecule has 1 heterocycles. The van der Waals surface area contributed by atoms with E-state index in [1.807, 2.05) is 31.4 Å². The van der Waals surface area contributed by atoms with Crippen molar-refractivity contribution in [1.29, 1.82) is 0 Å². The van der Waals surface area contributed by atoms with Crippen LogP contribution in [-0.2, 0) is 6.42 Å². The Bertz CT molecular complexity index is 361. The summed E-state index contributed by atoms with van der Waals surface area (Å²) in [5.74, 6) is 0. The van der Waals surface area contributed by atoms with Crippen molar-refractivity contribution in [3.63, 3.8) is 0 Å². The summed E-state index contributed by atoms with van der Waals surface area (Å²) in [5.41, 5.74) is 2.95. The highest BCUT2D eigenvalue weighted by atomic mass is 32.1. The molecule has 102 valence electrons. The van der Waals surface area contributed by atoms with Gasteiger partial charge in [0.2, 0.25) is 0 Å². The molecule has 1 aromatic rings. The van der Waals surface area contributed by atoms with Crippen LogP contribution in [0.5, 0.6) is 0 Å². The van der Waals surface area contributed by atoms with Crippen LogP contribution in [-0.4, -0.2) is 12.8 Å². The van der Waals surface area contributed by atoms with Gasteiger partial charge in [0.15, 0.2) is 0 Å². The third-order valence-corrected chi connectivity index (χ3v) is 3.48. The first-order chi connectivity index (χ1) is 8.76. The number of thiophene rings is 1. The first-order valence-electron chi connectivity index (χ1n) is 6.98. The zero-order chi connectivity index (χ0) is 13.8. The summed E-state index contributed by atoms with van der Waals surface area (Å²) >= 11 is 1.84. The van der Waals surface area contributed by atoms with E-state index in [9.17, 15) is 0 Å². The van der Waals surface area contributed by atoms with E-state index in [1.54, 1.807) is 0 Å². The van der Waals surface area contributed by atoms with Gasteiger partial charge in [-0.25, -0.2) is 0 Å². The summed E-state index contributed by atoms with van der Waals surface area (Å²) < 4.78 is 0. The van der Waals surface area contributed by atoms with E-state index in [2.05, 4.69) is 43.3 Å². The molecular weight excluding hydrogens is 238 g/mol. The summed E-state index contributed by atoms with van der Waals surface area (Å²) in [7, 11) is 0. The number of aryl methyl sites for hydroxylation is 2. The van der Waals surface area contributed by atoms with Crippen molar-refractivity contribution in [3.05, 3.63) is 33.5 Å². The molecule has 0 aromatic carbocycles. The number of rotatable bonds is 6. The number of allylic oxidation sites excluding steroid dienone is 2. The molecule has 18 heavy (non-hydrogen) atoms. The second-order valence-corrected chi connectivity index (χ2v) is 5.01. The summed E-state index contributed by atoms with van der Waals surface area (Å²) in [4.78, 5) is 5.63. The van der Waals surface area contributed by atoms with Crippen LogP contribution in [0.3, 0.4) is 0 Å². The van der Waals surface area contributed by atoms with Crippen LogP contribution in [0.1, 0.15) is 51.0 Å². The third-order valence-electron chi connectivity index (χ3n) is 2.57. The minimum Gasteiger partial charge on any atom is -0.293 e. The van der Waals surface area contributed by atoms with Gasteiger partial charge in [0.05, 0.1) is 0 Å². The maximum Gasteiger partial charge on any atom is 0.0360 e. The van der Waals surface area contributed by atoms with Gasteiger partial charge in [-0.15, -0.1) is 11.3 Å². The third kappa shape index (κ3) is 7.44. The molecule has 1 rings (SSSR count). The molecule has 0 aliphatic carbocycles. The molecule has 1 nitrogen and oxygen atoms in total. The lowest BCUT2D eigenvalue weighted by Gasteiger charge is -2.01. The molecule has 0 radical (unpaired) electrons. The van der Waals surface area contributed by atoms with Gasteiger partial charge in [-0.1, -0.05) is 26.3 Å². The normalized spacial score (nSPS) is 11.5. The van der Waals surface area contributed by atoms with Gasteiger partial charge in [0.25, 0.3) is 0 Å². The lowest BCUT2D eigenvalue weighted by atomic mass is 10.0. The predicted octanol–water partition coefficient (Wildman–Crippen LogP) is 5.44. The van der Waals surface area contributed by atoms with Gasteiger partial charge < -0.3 is 0 Å². The molecule has 1 aromatic heterocycles. The van der Waals surface area contributed by atoms with Crippen molar-refractivity contribution in [1.82, 2.24) is 0 Å². The van der Waals surface area contributed by atoms with Crippen molar-refractivity contribution in [2.45, 2.75) is 53.9 Å². The minimum absolute atomic E-state index is 0.872. The van der Waals surface area contributed by atoms with Crippen LogP contribution in [0.4, 0.5) is 0 Å². The highest BCUT2D eigenvalue weighted by molar-refractivity contribution is 7.10. The molecule has 0 fully saturated rings. The predicted molar refractivity (Wildman–Crippen MR) is 86.1 cm³/mol. The summed E-state index contributed by atoms with van der Waals surface area (Å²) in [5, 5.41) is 2.27. The van der Waals surface area contributed by atoms with E-state index in [0.717, 1.165) is 25.8 Å². The summed E-state index contributed by atoms with van der Waals surface area (Å²) in [6.45, 7) is 11.3. The fraction of sp³-hybridized carbons (Fsp3) is 0.562. The maximum absolute atomic E-state index is 4.22. The molecule has 0 bridgehead atoms. The summed E-state index contributed by atoms with van der Waals surface area (Å²) in [6.07, 6.45) is 7.55. The number of hydrogen-bond acceptors (Lipinski definition) is 2. The largest absolute Gasteiger partial charge is 0.293 e. The topological polar surface area (TPSA) is 12.4 Å². The molecule has 0 amide bonds. The quantitative estimate of drug-likeness (QED) is 0.607. The maximum atomic E-state index is 4.22. The average Bonchev–Trinajstić information content (AvgIpc) is 2.82. The molecule has 0 saturated heterocycles. The number of aliphatic imine (C=N–C) groups is 1. The van der Waals surface area contributed by atoms with Gasteiger partial charge in [-0.05, 0) is 56.2 Å². The lowest BCUT2D eigenvalue weighted by molar-refractivity contribution is 0.889. The Hall–Kier alpha value is -0.890. The van der Waals surface area contributed by atoms with Gasteiger partial charge >= 0.3 is 0 Å². The molecule has 0 spiro atoms. The summed E-state index contributed by atoms with van der Waals surface area (Å²) in [6, 6.07) is 2.29. The van der Waals surface area contributed by atoms with Gasteiger partial charge in [0, 0.05) is 17.6 Å². The van der Waals surface area contributed by atoms with Crippen LogP contribution >= 0.6 is 11.3 Å². The Morgan fingerprint density at radius 1 is 1.33 bits per heavy atom. The van der Waals surface area contributed by atoms with E-state index in [0.29, 0.717) is 0 Å². The van der Waals surface area contributed by atoms with Crippen molar-refractivity contribution in [3.8, 4) is 0 Å². The highest BCUT2D eigenvalue weighted by Gasteiger charge is 1.98. The average molecular weight is 265 g/mol. The van der Waals surface area contributed by atoms with Gasteiger partial charge in [-0.3, -0.25) is 4.99 Å². The number of nitrogens with zero attached hydrogens (tertiary/aromatic N) is 1. The highest BCUT2D eigenvalue weighted by Crippen LogP contribution is 2.17. The van der Waals surface area contributed by atoms with Gasteiger partial charge in [0.1, 0.15) is 0 Å². The second-order valence-electron chi connectivity index (χ2n) is 3.89. The Morgan fingerprint density at radius 3 is 2.56 bits per heavy atom. The van der Waals surface area contributed by atoms with Crippen LogP contribution in [0.15, 0.2) is 28.1 Å². The SMILES string of the molecule is CC.CCN=C/C=C(\CC)CCc1csc(C)c1. The second kappa shape index (κ2) is 11.2. The van der Waals surface area contributed by atoms with E-state index >= 15 is 0 Å². The zero-order valence-corrected chi connectivity index (χ0v) is 13.3. The molecular formula is C16H27NS. The van der Waals surface area contributed by atoms with Crippen molar-refractivity contribution in [2.75, 3.05) is 6.54 Å². The Labute approximate surface area is 117 Å². The zero-order valence-electron chi connectivity index (χ0n) is 12.5. The Morgan fingerprint density at radius 2 is 2.06 bits per heavy atom. The molecule has 0 unspecified atom stereocenters. The Balaban J connectivity index is 0.00000137. The fourth-order valence-electron chi connectivity index (χ4n) is 1.58. The van der Waals surface area contributed by atoms with E-state index in [-0.39, 0.29) is 0 Å². The monoisotopic (exact) mass is 265 g/mol. The van der Waals surface area contributed by atoms with Crippen LogP contribution in [0, 0.1) is 6.92 Å². The molecule has 0 aliphatic rings. The fourth-order valence-corrected chi connectivity index (χ4v) is 2.32. The van der Waals surface area contributed by atoms with Crippen molar-refractivity contribution < 1.29 is 0 Å². The van der Waals surface area contributed by atoms with Crippen LogP contribution < -0.4 is 0 Å². The van der Waals surface area contributed by atoms with Crippen molar-refractivity contribution >= 4 is 17.6 Å². The molecule has 2 heteroatoms. The smallest absolute Gasteiger partial charge is 0.0360 e. The molecule has 0 saturated carbocycles. The van der Waals surface area contributed by atoms with Crippen LogP contribution in [0.25, 0.3) is 0 Å². The van der Waals surface area contributed by atoms with Gasteiger partial charge in [-0.2, -0.15) is 0 Å². The first-order valence-corrected chi connectivity index (χ1v) is 7.86. The van der Waals surface area contributed by atoms with Crippen molar-refractivity contribution in [2.24, 2.45) is 4.99 Å². The number of hydrogen-bond donors (Lipinski definition) is 0. The van der Waals surface area contributed by atoms with E-state index in [1.165, 1.54) is 16.0 Å². The molecule has 0 N–H and O–H groups in total.